The van der Waals surface area contributed by atoms with Crippen LogP contribution >= 0.6 is 23.5 Å². The summed E-state index contributed by atoms with van der Waals surface area (Å²) in [6.07, 6.45) is 0.336. The Bertz CT molecular complexity index is 644. The van der Waals surface area contributed by atoms with E-state index in [2.05, 4.69) is 15.5 Å². The Kier molecular flexibility index (Phi) is 3.63. The zero-order chi connectivity index (χ0) is 15.1. The highest BCUT2D eigenvalue weighted by Crippen LogP contribution is 2.43. The molecule has 0 aromatic carbocycles. The first-order valence-corrected chi connectivity index (χ1v) is 7.96. The van der Waals surface area contributed by atoms with Crippen molar-refractivity contribution in [3.63, 3.8) is 0 Å². The van der Waals surface area contributed by atoms with Crippen molar-refractivity contribution in [3.05, 3.63) is 11.3 Å². The number of fused-ring (bicyclic) bond motifs is 1. The minimum absolute atomic E-state index is 0.00475. The van der Waals surface area contributed by atoms with Crippen molar-refractivity contribution in [2.24, 2.45) is 12.8 Å². The fourth-order valence-electron chi connectivity index (χ4n) is 2.18. The molecule has 9 nitrogen and oxygen atoms in total. The SMILES string of the molecule is Cn1nnnc1SCC1=C(C(=O)O)N2C(=O)C[C@H]2SC1N. The van der Waals surface area contributed by atoms with Crippen molar-refractivity contribution in [3.8, 4) is 0 Å². The van der Waals surface area contributed by atoms with Crippen LogP contribution in [-0.4, -0.2) is 58.6 Å². The van der Waals surface area contributed by atoms with Gasteiger partial charge in [-0.1, -0.05) is 11.8 Å². The third-order valence-electron chi connectivity index (χ3n) is 3.24. The number of hydrogen-bond donors (Lipinski definition) is 2. The Morgan fingerprint density at radius 1 is 1.62 bits per heavy atom. The maximum absolute atomic E-state index is 11.6. The molecule has 0 aliphatic carbocycles. The number of thioether (sulfide) groups is 2. The van der Waals surface area contributed by atoms with E-state index in [1.807, 2.05) is 0 Å². The summed E-state index contributed by atoms with van der Waals surface area (Å²) in [4.78, 5) is 24.5. The van der Waals surface area contributed by atoms with Gasteiger partial charge in [0.1, 0.15) is 5.70 Å². The number of nitrogens with zero attached hydrogens (tertiary/aromatic N) is 5. The first-order chi connectivity index (χ1) is 9.99. The molecular formula is C10H12N6O3S2. The molecule has 1 fully saturated rings. The molecule has 1 aromatic rings. The van der Waals surface area contributed by atoms with E-state index in [0.29, 0.717) is 22.9 Å². The lowest BCUT2D eigenvalue weighted by molar-refractivity contribution is -0.146. The Labute approximate surface area is 127 Å². The van der Waals surface area contributed by atoms with E-state index < -0.39 is 11.3 Å². The van der Waals surface area contributed by atoms with Crippen LogP contribution in [0.3, 0.4) is 0 Å². The van der Waals surface area contributed by atoms with Gasteiger partial charge in [0.25, 0.3) is 0 Å². The maximum Gasteiger partial charge on any atom is 0.352 e. The molecule has 0 saturated carbocycles. The first kappa shape index (κ1) is 14.4. The molecule has 1 aromatic heterocycles. The summed E-state index contributed by atoms with van der Waals surface area (Å²) >= 11 is 2.69. The number of carboxylic acid groups (broad SMARTS) is 1. The topological polar surface area (TPSA) is 127 Å². The zero-order valence-corrected chi connectivity index (χ0v) is 12.6. The van der Waals surface area contributed by atoms with Crippen LogP contribution in [0.5, 0.6) is 0 Å². The van der Waals surface area contributed by atoms with Crippen molar-refractivity contribution >= 4 is 35.4 Å². The third kappa shape index (κ3) is 2.40. The lowest BCUT2D eigenvalue weighted by Crippen LogP contribution is -2.56. The number of aromatic nitrogens is 4. The molecule has 3 rings (SSSR count). The summed E-state index contributed by atoms with van der Waals surface area (Å²) in [6.45, 7) is 0. The van der Waals surface area contributed by atoms with Crippen LogP contribution in [0.1, 0.15) is 6.42 Å². The van der Waals surface area contributed by atoms with Gasteiger partial charge in [0.15, 0.2) is 0 Å². The Morgan fingerprint density at radius 3 is 2.95 bits per heavy atom. The van der Waals surface area contributed by atoms with Gasteiger partial charge in [-0.25, -0.2) is 9.48 Å². The van der Waals surface area contributed by atoms with Gasteiger partial charge >= 0.3 is 5.97 Å². The number of aryl methyl sites for hydroxylation is 1. The molecule has 0 radical (unpaired) electrons. The van der Waals surface area contributed by atoms with Crippen molar-refractivity contribution in [2.45, 2.75) is 22.3 Å². The third-order valence-corrected chi connectivity index (χ3v) is 5.57. The number of tetrazole rings is 1. The van der Waals surface area contributed by atoms with E-state index >= 15 is 0 Å². The van der Waals surface area contributed by atoms with E-state index in [9.17, 15) is 14.7 Å². The minimum atomic E-state index is -1.13. The molecule has 11 heteroatoms. The predicted molar refractivity (Wildman–Crippen MR) is 75.0 cm³/mol. The number of β-lactam (4-membered cyclic amide) rings is 1. The standard InChI is InChI=1S/C10H12N6O3S2/c1-15-10(12-13-14-15)20-3-4-7(9(18)19)16-5(17)2-6(16)21-8(4)11/h6,8H,2-3,11H2,1H3,(H,18,19)/t6-,8?/m1/s1. The molecule has 3 N–H and O–H groups in total. The quantitative estimate of drug-likeness (QED) is 0.541. The summed E-state index contributed by atoms with van der Waals surface area (Å²) < 4.78 is 1.49. The normalized spacial score (nSPS) is 24.9. The lowest BCUT2D eigenvalue weighted by Gasteiger charge is -2.45. The molecule has 2 atom stereocenters. The number of carbonyl (C=O) groups excluding carboxylic acids is 1. The van der Waals surface area contributed by atoms with Crippen molar-refractivity contribution in [2.75, 3.05) is 5.75 Å². The lowest BCUT2D eigenvalue weighted by atomic mass is 10.1. The molecule has 21 heavy (non-hydrogen) atoms. The summed E-state index contributed by atoms with van der Waals surface area (Å²) in [6, 6.07) is 0. The second-order valence-electron chi connectivity index (χ2n) is 4.53. The molecular weight excluding hydrogens is 316 g/mol. The van der Waals surface area contributed by atoms with Gasteiger partial charge in [-0.15, -0.1) is 16.9 Å². The van der Waals surface area contributed by atoms with Crippen LogP contribution in [0.2, 0.25) is 0 Å². The number of aliphatic carboxylic acids is 1. The van der Waals surface area contributed by atoms with E-state index in [0.717, 1.165) is 0 Å². The molecule has 2 aliphatic heterocycles. The van der Waals surface area contributed by atoms with Gasteiger partial charge in [-0.3, -0.25) is 9.69 Å². The van der Waals surface area contributed by atoms with Crippen LogP contribution in [0.15, 0.2) is 16.4 Å². The second-order valence-corrected chi connectivity index (χ2v) is 6.80. The summed E-state index contributed by atoms with van der Waals surface area (Å²) in [5.74, 6) is -0.990. The van der Waals surface area contributed by atoms with E-state index in [1.54, 1.807) is 7.05 Å². The van der Waals surface area contributed by atoms with Gasteiger partial charge in [0.05, 0.1) is 17.2 Å². The van der Waals surface area contributed by atoms with Crippen molar-refractivity contribution < 1.29 is 14.7 Å². The average molecular weight is 328 g/mol. The van der Waals surface area contributed by atoms with E-state index in [-0.39, 0.29) is 17.0 Å². The molecule has 2 aliphatic rings. The largest absolute Gasteiger partial charge is 0.477 e. The second kappa shape index (κ2) is 5.31. The number of amides is 1. The monoisotopic (exact) mass is 328 g/mol. The van der Waals surface area contributed by atoms with Gasteiger partial charge in [-0.2, -0.15) is 0 Å². The average Bonchev–Trinajstić information content (AvgIpc) is 2.81. The molecule has 112 valence electrons. The number of rotatable bonds is 4. The van der Waals surface area contributed by atoms with Gasteiger partial charge in [-0.05, 0) is 16.0 Å². The minimum Gasteiger partial charge on any atom is -0.477 e. The number of nitrogens with two attached hydrogens (primary N) is 1. The fourth-order valence-corrected chi connectivity index (χ4v) is 4.49. The highest BCUT2D eigenvalue weighted by atomic mass is 32.2. The molecule has 3 heterocycles. The maximum atomic E-state index is 11.6. The van der Waals surface area contributed by atoms with Crippen LogP contribution in [0.4, 0.5) is 0 Å². The fraction of sp³-hybridized carbons (Fsp3) is 0.500. The molecule has 1 saturated heterocycles. The van der Waals surface area contributed by atoms with E-state index in [1.165, 1.54) is 33.1 Å². The number of carbonyl (C=O) groups is 2. The molecule has 1 unspecified atom stereocenters. The molecule has 1 amide bonds. The highest BCUT2D eigenvalue weighted by molar-refractivity contribution is 8.01. The van der Waals surface area contributed by atoms with E-state index in [4.69, 9.17) is 5.73 Å². The van der Waals surface area contributed by atoms with Crippen LogP contribution < -0.4 is 5.73 Å². The van der Waals surface area contributed by atoms with Crippen molar-refractivity contribution in [1.82, 2.24) is 25.1 Å². The van der Waals surface area contributed by atoms with Gasteiger partial charge in [0, 0.05) is 12.8 Å². The van der Waals surface area contributed by atoms with Crippen LogP contribution in [-0.2, 0) is 16.6 Å². The Morgan fingerprint density at radius 2 is 2.38 bits per heavy atom. The first-order valence-electron chi connectivity index (χ1n) is 6.03. The number of hydrogen-bond acceptors (Lipinski definition) is 8. The number of carboxylic acids is 1. The van der Waals surface area contributed by atoms with Gasteiger partial charge < -0.3 is 10.8 Å². The van der Waals surface area contributed by atoms with Crippen LogP contribution in [0.25, 0.3) is 0 Å². The summed E-state index contributed by atoms with van der Waals surface area (Å²) in [5.41, 5.74) is 6.57. The predicted octanol–water partition coefficient (Wildman–Crippen LogP) is -0.769. The summed E-state index contributed by atoms with van der Waals surface area (Å²) in [5, 5.41) is 20.4. The smallest absolute Gasteiger partial charge is 0.352 e. The molecule has 0 bridgehead atoms. The molecule has 0 spiro atoms. The van der Waals surface area contributed by atoms with Crippen molar-refractivity contribution in [1.29, 1.82) is 0 Å². The highest BCUT2D eigenvalue weighted by Gasteiger charge is 2.47. The van der Waals surface area contributed by atoms with Crippen LogP contribution in [0, 0.1) is 0 Å². The Hall–Kier alpha value is -1.59. The zero-order valence-electron chi connectivity index (χ0n) is 11.0. The van der Waals surface area contributed by atoms with Gasteiger partial charge in [0.2, 0.25) is 11.1 Å². The Balaban J connectivity index is 1.88. The summed E-state index contributed by atoms with van der Waals surface area (Å²) in [7, 11) is 1.69.